The first-order valence-corrected chi connectivity index (χ1v) is 6.80. The Morgan fingerprint density at radius 1 is 1.17 bits per heavy atom. The van der Waals surface area contributed by atoms with Gasteiger partial charge in [-0.05, 0) is 44.4 Å². The van der Waals surface area contributed by atoms with Crippen molar-refractivity contribution in [1.29, 1.82) is 0 Å². The van der Waals surface area contributed by atoms with Crippen LogP contribution in [0.1, 0.15) is 39.7 Å². The number of hydrogen-bond acceptors (Lipinski definition) is 2. The molecule has 0 spiro atoms. The van der Waals surface area contributed by atoms with Crippen LogP contribution in [-0.4, -0.2) is 19.2 Å². The molecule has 1 N–H and O–H groups in total. The molecule has 1 aromatic carbocycles. The fourth-order valence-electron chi connectivity index (χ4n) is 1.61. The number of hydrogen-bond donors (Lipinski definition) is 1. The standard InChI is InChI=1S/C16H27NO/c1-13-6-8-15(9-7-13)18-12-14(2)17-11-10-16(3,4)5/h6-9,14,17H,10-12H2,1-5H3. The molecule has 0 fully saturated rings. The van der Waals surface area contributed by atoms with Crippen LogP contribution >= 0.6 is 0 Å². The predicted octanol–water partition coefficient (Wildman–Crippen LogP) is 3.79. The molecule has 0 saturated carbocycles. The summed E-state index contributed by atoms with van der Waals surface area (Å²) in [4.78, 5) is 0. The van der Waals surface area contributed by atoms with Gasteiger partial charge in [0, 0.05) is 6.04 Å². The van der Waals surface area contributed by atoms with Crippen LogP contribution in [0.25, 0.3) is 0 Å². The van der Waals surface area contributed by atoms with Crippen LogP contribution in [0.2, 0.25) is 0 Å². The minimum Gasteiger partial charge on any atom is -0.492 e. The number of rotatable bonds is 6. The van der Waals surface area contributed by atoms with E-state index in [-0.39, 0.29) is 0 Å². The molecule has 0 aliphatic carbocycles. The zero-order valence-corrected chi connectivity index (χ0v) is 12.4. The lowest BCUT2D eigenvalue weighted by molar-refractivity contribution is 0.264. The molecular weight excluding hydrogens is 222 g/mol. The molecule has 0 aliphatic heterocycles. The lowest BCUT2D eigenvalue weighted by atomic mass is 9.92. The highest BCUT2D eigenvalue weighted by atomic mass is 16.5. The van der Waals surface area contributed by atoms with Crippen molar-refractivity contribution in [3.8, 4) is 5.75 Å². The lowest BCUT2D eigenvalue weighted by Gasteiger charge is -2.20. The molecule has 2 nitrogen and oxygen atoms in total. The molecule has 1 unspecified atom stereocenters. The Morgan fingerprint density at radius 2 is 1.78 bits per heavy atom. The smallest absolute Gasteiger partial charge is 0.119 e. The summed E-state index contributed by atoms with van der Waals surface area (Å²) in [5.74, 6) is 0.949. The summed E-state index contributed by atoms with van der Waals surface area (Å²) in [5, 5.41) is 3.50. The Hall–Kier alpha value is -1.02. The molecule has 2 heteroatoms. The average Bonchev–Trinajstić information content (AvgIpc) is 2.26. The number of nitrogens with one attached hydrogen (secondary N) is 1. The van der Waals surface area contributed by atoms with Gasteiger partial charge in [-0.15, -0.1) is 0 Å². The van der Waals surface area contributed by atoms with Crippen molar-refractivity contribution in [3.63, 3.8) is 0 Å². The molecule has 0 radical (unpaired) electrons. The molecule has 1 rings (SSSR count). The molecule has 0 amide bonds. The van der Waals surface area contributed by atoms with Crippen LogP contribution in [-0.2, 0) is 0 Å². The van der Waals surface area contributed by atoms with E-state index in [9.17, 15) is 0 Å². The maximum absolute atomic E-state index is 5.74. The summed E-state index contributed by atoms with van der Waals surface area (Å²) in [6.07, 6.45) is 1.18. The summed E-state index contributed by atoms with van der Waals surface area (Å²) >= 11 is 0. The van der Waals surface area contributed by atoms with Crippen molar-refractivity contribution >= 4 is 0 Å². The van der Waals surface area contributed by atoms with Gasteiger partial charge in [-0.3, -0.25) is 0 Å². The zero-order chi connectivity index (χ0) is 13.6. The van der Waals surface area contributed by atoms with Gasteiger partial charge in [0.2, 0.25) is 0 Å². The third-order valence-electron chi connectivity index (χ3n) is 2.89. The lowest BCUT2D eigenvalue weighted by Crippen LogP contribution is -2.33. The van der Waals surface area contributed by atoms with Crippen LogP contribution in [0.4, 0.5) is 0 Å². The first-order chi connectivity index (χ1) is 8.37. The Labute approximate surface area is 112 Å². The van der Waals surface area contributed by atoms with Crippen molar-refractivity contribution in [1.82, 2.24) is 5.32 Å². The van der Waals surface area contributed by atoms with Gasteiger partial charge in [0.25, 0.3) is 0 Å². The van der Waals surface area contributed by atoms with Crippen LogP contribution in [0, 0.1) is 12.3 Å². The van der Waals surface area contributed by atoms with Crippen molar-refractivity contribution in [3.05, 3.63) is 29.8 Å². The highest BCUT2D eigenvalue weighted by Crippen LogP contribution is 2.17. The molecule has 1 atom stereocenters. The van der Waals surface area contributed by atoms with E-state index in [0.717, 1.165) is 12.3 Å². The van der Waals surface area contributed by atoms with Gasteiger partial charge in [-0.1, -0.05) is 38.5 Å². The summed E-state index contributed by atoms with van der Waals surface area (Å²) in [6, 6.07) is 8.59. The van der Waals surface area contributed by atoms with Crippen molar-refractivity contribution in [2.75, 3.05) is 13.2 Å². The third-order valence-corrected chi connectivity index (χ3v) is 2.89. The zero-order valence-electron chi connectivity index (χ0n) is 12.4. The Morgan fingerprint density at radius 3 is 2.33 bits per heavy atom. The Balaban J connectivity index is 2.21. The van der Waals surface area contributed by atoms with E-state index in [2.05, 4.69) is 52.1 Å². The van der Waals surface area contributed by atoms with Gasteiger partial charge in [-0.25, -0.2) is 0 Å². The number of ether oxygens (including phenoxy) is 1. The number of benzene rings is 1. The average molecular weight is 249 g/mol. The van der Waals surface area contributed by atoms with E-state index >= 15 is 0 Å². The minimum atomic E-state index is 0.383. The maximum atomic E-state index is 5.74. The predicted molar refractivity (Wildman–Crippen MR) is 78.2 cm³/mol. The van der Waals surface area contributed by atoms with Crippen molar-refractivity contribution < 1.29 is 4.74 Å². The molecule has 0 heterocycles. The van der Waals surface area contributed by atoms with E-state index in [1.807, 2.05) is 12.1 Å². The minimum absolute atomic E-state index is 0.383. The van der Waals surface area contributed by atoms with Gasteiger partial charge >= 0.3 is 0 Å². The molecule has 0 aromatic heterocycles. The maximum Gasteiger partial charge on any atom is 0.119 e. The summed E-state index contributed by atoms with van der Waals surface area (Å²) < 4.78 is 5.74. The Kier molecular flexibility index (Phi) is 5.67. The molecule has 18 heavy (non-hydrogen) atoms. The second-order valence-electron chi connectivity index (χ2n) is 6.29. The fourth-order valence-corrected chi connectivity index (χ4v) is 1.61. The van der Waals surface area contributed by atoms with Crippen LogP contribution in [0.5, 0.6) is 5.75 Å². The van der Waals surface area contributed by atoms with Gasteiger partial charge in [0.05, 0.1) is 0 Å². The van der Waals surface area contributed by atoms with Gasteiger partial charge in [0.15, 0.2) is 0 Å². The van der Waals surface area contributed by atoms with Crippen molar-refractivity contribution in [2.24, 2.45) is 5.41 Å². The molecule has 1 aromatic rings. The second-order valence-corrected chi connectivity index (χ2v) is 6.29. The van der Waals surface area contributed by atoms with Crippen LogP contribution < -0.4 is 10.1 Å². The van der Waals surface area contributed by atoms with Gasteiger partial charge in [0.1, 0.15) is 12.4 Å². The van der Waals surface area contributed by atoms with E-state index in [1.165, 1.54) is 12.0 Å². The normalized spacial score (nSPS) is 13.4. The molecular formula is C16H27NO. The third kappa shape index (κ3) is 6.65. The van der Waals surface area contributed by atoms with E-state index < -0.39 is 0 Å². The molecule has 102 valence electrons. The molecule has 0 saturated heterocycles. The topological polar surface area (TPSA) is 21.3 Å². The fraction of sp³-hybridized carbons (Fsp3) is 0.625. The highest BCUT2D eigenvalue weighted by Gasteiger charge is 2.10. The quantitative estimate of drug-likeness (QED) is 0.828. The summed E-state index contributed by atoms with van der Waals surface area (Å²) in [6.45, 7) is 12.8. The SMILES string of the molecule is Cc1ccc(OCC(C)NCCC(C)(C)C)cc1. The first-order valence-electron chi connectivity index (χ1n) is 6.80. The summed E-state index contributed by atoms with van der Waals surface area (Å²) in [7, 11) is 0. The molecule has 0 bridgehead atoms. The van der Waals surface area contributed by atoms with Gasteiger partial charge in [-0.2, -0.15) is 0 Å². The number of aryl methyl sites for hydroxylation is 1. The summed E-state index contributed by atoms with van der Waals surface area (Å²) in [5.41, 5.74) is 1.66. The molecule has 0 aliphatic rings. The highest BCUT2D eigenvalue weighted by molar-refractivity contribution is 5.26. The van der Waals surface area contributed by atoms with Crippen LogP contribution in [0.3, 0.4) is 0 Å². The Bertz CT molecular complexity index is 337. The van der Waals surface area contributed by atoms with E-state index in [1.54, 1.807) is 0 Å². The van der Waals surface area contributed by atoms with Crippen molar-refractivity contribution in [2.45, 2.75) is 47.1 Å². The van der Waals surface area contributed by atoms with Gasteiger partial charge < -0.3 is 10.1 Å². The monoisotopic (exact) mass is 249 g/mol. The first kappa shape index (κ1) is 15.0. The second kappa shape index (κ2) is 6.79. The largest absolute Gasteiger partial charge is 0.492 e. The van der Waals surface area contributed by atoms with Crippen LogP contribution in [0.15, 0.2) is 24.3 Å². The van der Waals surface area contributed by atoms with E-state index in [4.69, 9.17) is 4.74 Å². The van der Waals surface area contributed by atoms with E-state index in [0.29, 0.717) is 18.1 Å².